The molecule has 234 valence electrons. The summed E-state index contributed by atoms with van der Waals surface area (Å²) in [5, 5.41) is 12.2. The molecule has 2 saturated heterocycles. The molecule has 2 aromatic carbocycles. The lowest BCUT2D eigenvalue weighted by Crippen LogP contribution is -2.53. The lowest BCUT2D eigenvalue weighted by Gasteiger charge is -2.43. The van der Waals surface area contributed by atoms with Gasteiger partial charge in [-0.15, -0.1) is 11.3 Å². The summed E-state index contributed by atoms with van der Waals surface area (Å²) in [5.41, 5.74) is 1.35. The molecule has 0 aliphatic carbocycles. The van der Waals surface area contributed by atoms with Crippen LogP contribution in [0.3, 0.4) is 0 Å². The van der Waals surface area contributed by atoms with E-state index < -0.39 is 5.60 Å². The second kappa shape index (κ2) is 12.6. The van der Waals surface area contributed by atoms with Crippen LogP contribution in [0.15, 0.2) is 96.3 Å². The van der Waals surface area contributed by atoms with Gasteiger partial charge in [0.05, 0.1) is 30.2 Å². The Bertz CT molecular complexity index is 1920. The fourth-order valence-corrected chi connectivity index (χ4v) is 7.55. The van der Waals surface area contributed by atoms with Crippen LogP contribution in [0.2, 0.25) is 0 Å². The van der Waals surface area contributed by atoms with Gasteiger partial charge in [0.1, 0.15) is 9.88 Å². The molecule has 0 spiro atoms. The van der Waals surface area contributed by atoms with Gasteiger partial charge in [-0.1, -0.05) is 60.7 Å². The Morgan fingerprint density at radius 1 is 0.891 bits per heavy atom. The lowest BCUT2D eigenvalue weighted by molar-refractivity contribution is -0.142. The van der Waals surface area contributed by atoms with Gasteiger partial charge in [0.2, 0.25) is 5.91 Å². The first-order valence-corrected chi connectivity index (χ1v) is 16.4. The second-order valence-corrected chi connectivity index (χ2v) is 13.2. The van der Waals surface area contributed by atoms with Crippen LogP contribution in [0.5, 0.6) is 0 Å². The van der Waals surface area contributed by atoms with Crippen molar-refractivity contribution in [2.45, 2.75) is 37.3 Å². The Kier molecular flexibility index (Phi) is 8.18. The molecule has 0 unspecified atom stereocenters. The summed E-state index contributed by atoms with van der Waals surface area (Å²) in [6.45, 7) is 1.76. The summed E-state index contributed by atoms with van der Waals surface area (Å²) in [5.74, 6) is -0.482. The van der Waals surface area contributed by atoms with E-state index in [1.165, 1.54) is 22.2 Å². The average Bonchev–Trinajstić information content (AvgIpc) is 3.60. The number of carbonyl (C=O) groups is 2. The minimum atomic E-state index is -1.15. The van der Waals surface area contributed by atoms with Crippen LogP contribution in [0, 0.1) is 5.92 Å². The van der Waals surface area contributed by atoms with Crippen molar-refractivity contribution < 1.29 is 14.7 Å². The van der Waals surface area contributed by atoms with Crippen molar-refractivity contribution in [3.8, 4) is 10.6 Å². The van der Waals surface area contributed by atoms with Gasteiger partial charge in [0, 0.05) is 49.8 Å². The normalized spacial score (nSPS) is 19.7. The first kappa shape index (κ1) is 29.9. The maximum absolute atomic E-state index is 14.1. The van der Waals surface area contributed by atoms with Crippen molar-refractivity contribution in [3.63, 3.8) is 0 Å². The smallest absolute Gasteiger partial charge is 0.279 e. The van der Waals surface area contributed by atoms with Gasteiger partial charge >= 0.3 is 0 Å². The molecular formula is C35H34N6O4S. The molecule has 0 saturated carbocycles. The molecule has 2 aliphatic heterocycles. The molecule has 7 rings (SSSR count). The summed E-state index contributed by atoms with van der Waals surface area (Å²) in [6.07, 6.45) is 5.88. The number of hydrogen-bond donors (Lipinski definition) is 1. The van der Waals surface area contributed by atoms with Crippen molar-refractivity contribution in [3.05, 3.63) is 112 Å². The third-order valence-corrected chi connectivity index (χ3v) is 10.3. The lowest BCUT2D eigenvalue weighted by atomic mass is 9.79. The highest BCUT2D eigenvalue weighted by atomic mass is 32.1. The van der Waals surface area contributed by atoms with Crippen LogP contribution in [-0.2, 0) is 11.3 Å². The average molecular weight is 635 g/mol. The summed E-state index contributed by atoms with van der Waals surface area (Å²) in [4.78, 5) is 58.0. The molecule has 1 N–H and O–H groups in total. The Labute approximate surface area is 270 Å². The summed E-state index contributed by atoms with van der Waals surface area (Å²) < 4.78 is 1.41. The molecule has 0 radical (unpaired) electrons. The second-order valence-electron chi connectivity index (χ2n) is 12.2. The molecule has 10 nitrogen and oxygen atoms in total. The van der Waals surface area contributed by atoms with E-state index in [0.717, 1.165) is 16.1 Å². The predicted molar refractivity (Wildman–Crippen MR) is 175 cm³/mol. The van der Waals surface area contributed by atoms with E-state index in [2.05, 4.69) is 15.0 Å². The highest BCUT2D eigenvalue weighted by Gasteiger charge is 2.42. The number of amides is 2. The first-order valence-electron chi connectivity index (χ1n) is 15.6. The number of hydrogen-bond acceptors (Lipinski definition) is 8. The van der Waals surface area contributed by atoms with Crippen molar-refractivity contribution in [1.82, 2.24) is 29.3 Å². The van der Waals surface area contributed by atoms with Crippen LogP contribution < -0.4 is 5.56 Å². The molecule has 5 aromatic rings. The number of benzene rings is 2. The maximum Gasteiger partial charge on any atom is 0.279 e. The number of carbonyl (C=O) groups excluding carboxylic acids is 2. The van der Waals surface area contributed by atoms with Gasteiger partial charge in [-0.05, 0) is 37.0 Å². The van der Waals surface area contributed by atoms with Crippen molar-refractivity contribution in [2.75, 3.05) is 26.2 Å². The van der Waals surface area contributed by atoms with Crippen LogP contribution >= 0.6 is 11.3 Å². The van der Waals surface area contributed by atoms with E-state index >= 15 is 0 Å². The zero-order valence-corrected chi connectivity index (χ0v) is 26.1. The van der Waals surface area contributed by atoms with Crippen molar-refractivity contribution >= 4 is 34.2 Å². The first-order chi connectivity index (χ1) is 22.4. The Hall–Kier alpha value is -4.74. The number of thiazole rings is 1. The monoisotopic (exact) mass is 634 g/mol. The fraction of sp³-hybridized carbons (Fsp3) is 0.314. The van der Waals surface area contributed by atoms with Gasteiger partial charge < -0.3 is 14.9 Å². The molecular weight excluding hydrogens is 600 g/mol. The van der Waals surface area contributed by atoms with E-state index in [0.29, 0.717) is 55.8 Å². The highest BCUT2D eigenvalue weighted by molar-refractivity contribution is 7.16. The topological polar surface area (TPSA) is 122 Å². The minimum absolute atomic E-state index is 0.0425. The molecule has 5 heterocycles. The van der Waals surface area contributed by atoms with Crippen LogP contribution in [0.25, 0.3) is 21.6 Å². The van der Waals surface area contributed by atoms with Crippen molar-refractivity contribution in [1.29, 1.82) is 0 Å². The van der Waals surface area contributed by atoms with Crippen LogP contribution in [0.4, 0.5) is 0 Å². The Balaban J connectivity index is 1.04. The zero-order valence-electron chi connectivity index (χ0n) is 25.2. The summed E-state index contributed by atoms with van der Waals surface area (Å²) in [7, 11) is 0. The quantitative estimate of drug-likeness (QED) is 0.297. The zero-order chi connectivity index (χ0) is 31.7. The Morgan fingerprint density at radius 3 is 2.39 bits per heavy atom. The molecule has 2 amide bonds. The number of aromatic nitrogens is 4. The van der Waals surface area contributed by atoms with E-state index in [1.54, 1.807) is 24.5 Å². The van der Waals surface area contributed by atoms with Crippen molar-refractivity contribution in [2.24, 2.45) is 5.92 Å². The Morgan fingerprint density at radius 2 is 1.63 bits per heavy atom. The molecule has 0 bridgehead atoms. The standard InChI is InChI=1S/C35H34N6O4S/c42-32(39-18-14-35(45,15-19-39)22-41-23-38-28-12-7-16-36-30(28)34(41)44)26-13-17-40(21-27(26)24-8-3-1-4-9-24)33(43)29-20-37-31(46-29)25-10-5-2-6-11-25/h1-12,16,20,23,26-27,45H,13-15,17-19,21-22H2/t26-,27+/m1/s1. The number of rotatable bonds is 6. The van der Waals surface area contributed by atoms with E-state index in [-0.39, 0.29) is 41.3 Å². The van der Waals surface area contributed by atoms with Gasteiger partial charge in [-0.2, -0.15) is 0 Å². The minimum Gasteiger partial charge on any atom is -0.388 e. The third-order valence-electron chi connectivity index (χ3n) is 9.24. The molecule has 11 heteroatoms. The van der Waals surface area contributed by atoms with Crippen LogP contribution in [-0.4, -0.2) is 78.0 Å². The predicted octanol–water partition coefficient (Wildman–Crippen LogP) is 4.21. The maximum atomic E-state index is 14.1. The van der Waals surface area contributed by atoms with E-state index in [4.69, 9.17) is 0 Å². The number of fused-ring (bicyclic) bond motifs is 1. The summed E-state index contributed by atoms with van der Waals surface area (Å²) in [6, 6.07) is 23.2. The number of piperidine rings is 2. The molecule has 3 aromatic heterocycles. The molecule has 46 heavy (non-hydrogen) atoms. The van der Waals surface area contributed by atoms with Gasteiger partial charge in [0.15, 0.2) is 5.52 Å². The number of likely N-dealkylation sites (tertiary alicyclic amines) is 2. The third kappa shape index (κ3) is 5.95. The molecule has 2 atom stereocenters. The van der Waals surface area contributed by atoms with Gasteiger partial charge in [-0.25, -0.2) is 15.0 Å². The van der Waals surface area contributed by atoms with Gasteiger partial charge in [-0.3, -0.25) is 19.0 Å². The number of pyridine rings is 1. The molecule has 2 fully saturated rings. The largest absolute Gasteiger partial charge is 0.388 e. The van der Waals surface area contributed by atoms with Crippen LogP contribution in [0.1, 0.15) is 40.4 Å². The SMILES string of the molecule is O=C(c1cnc(-c2ccccc2)s1)N1CC[C@@H](C(=O)N2CCC(O)(Cn3cnc4cccnc4c3=O)CC2)[C@H](c2ccccc2)C1. The van der Waals surface area contributed by atoms with Gasteiger partial charge in [0.25, 0.3) is 11.5 Å². The number of nitrogens with zero attached hydrogens (tertiary/aromatic N) is 6. The fourth-order valence-electron chi connectivity index (χ4n) is 6.66. The van der Waals surface area contributed by atoms with E-state index in [1.807, 2.05) is 70.5 Å². The van der Waals surface area contributed by atoms with E-state index in [9.17, 15) is 19.5 Å². The number of aliphatic hydroxyl groups is 1. The molecule has 2 aliphatic rings. The summed E-state index contributed by atoms with van der Waals surface area (Å²) >= 11 is 1.39. The highest BCUT2D eigenvalue weighted by Crippen LogP contribution is 2.37.